The average Bonchev–Trinajstić information content (AvgIpc) is 3.56. The second-order valence-corrected chi connectivity index (χ2v) is 22.6. The summed E-state index contributed by atoms with van der Waals surface area (Å²) < 4.78 is 30.1. The number of fused-ring (bicyclic) bond motifs is 1. The van der Waals surface area contributed by atoms with Crippen molar-refractivity contribution in [1.82, 2.24) is 24.7 Å². The van der Waals surface area contributed by atoms with Crippen molar-refractivity contribution in [3.05, 3.63) is 134 Å². The van der Waals surface area contributed by atoms with E-state index in [0.717, 1.165) is 11.1 Å². The molecule has 2 saturated heterocycles. The molecule has 2 fully saturated rings. The van der Waals surface area contributed by atoms with Gasteiger partial charge in [0.05, 0.1) is 39.1 Å². The zero-order valence-corrected chi connectivity index (χ0v) is 42.4. The number of unbranched alkanes of at least 4 members (excludes halogenated alkanes) is 1. The topological polar surface area (TPSA) is 186 Å². The van der Waals surface area contributed by atoms with Crippen LogP contribution in [0.4, 0.5) is 5.69 Å². The van der Waals surface area contributed by atoms with Crippen LogP contribution in [0, 0.1) is 23.2 Å². The first-order chi connectivity index (χ1) is 33.2. The van der Waals surface area contributed by atoms with E-state index in [1.54, 1.807) is 93.4 Å². The number of amides is 5. The molecule has 5 aromatic rings. The predicted molar refractivity (Wildman–Crippen MR) is 272 cm³/mol. The molecular weight excluding hydrogens is 952 g/mol. The molecule has 3 N–H and O–H groups in total. The summed E-state index contributed by atoms with van der Waals surface area (Å²) in [7, 11) is -2.01. The van der Waals surface area contributed by atoms with E-state index >= 15 is 4.79 Å². The Bertz CT molecular complexity index is 3060. The minimum absolute atomic E-state index is 0.141. The van der Waals surface area contributed by atoms with Gasteiger partial charge < -0.3 is 15.5 Å². The number of carbonyl (C=O) groups is 5. The fraction of sp³-hybridized carbons (Fsp3) is 0.396. The summed E-state index contributed by atoms with van der Waals surface area (Å²) in [5.41, 5.74) is 2.51. The quantitative estimate of drug-likeness (QED) is 0.0533. The molecule has 0 saturated carbocycles. The second-order valence-electron chi connectivity index (χ2n) is 19.1. The molecule has 4 aromatic carbocycles. The number of para-hydroxylation sites is 1. The largest absolute Gasteiger partial charge is 0.352 e. The van der Waals surface area contributed by atoms with E-state index in [9.17, 15) is 32.4 Å². The Kier molecular flexibility index (Phi) is 15.8. The predicted octanol–water partition coefficient (Wildman–Crippen LogP) is 8.13. The number of aryl methyl sites for hydroxylation is 1. The lowest BCUT2D eigenvalue weighted by molar-refractivity contribution is -0.157. The number of likely N-dealkylation sites (tertiary alicyclic amines) is 1. The summed E-state index contributed by atoms with van der Waals surface area (Å²) in [6.07, 6.45) is 1.40. The SMILES string of the molecule is CC(C)[C@@H](CS(=O)(=O)C(C)C)N1C(=O)[C@@](C)(CC(=O)Nc2ccc(C(=O)NCCCC#Cc3cccc4c3n(C)c(=O)n4C3CCC(=O)NC3=O)cc2)C[C@H](c2cccc(Cl)c2)[C@H]1c1ccc(Cl)cc1. The van der Waals surface area contributed by atoms with Gasteiger partial charge in [-0.1, -0.05) is 86.1 Å². The van der Waals surface area contributed by atoms with Crippen molar-refractivity contribution in [2.75, 3.05) is 17.6 Å². The highest BCUT2D eigenvalue weighted by atomic mass is 35.5. The maximum Gasteiger partial charge on any atom is 0.329 e. The zero-order valence-electron chi connectivity index (χ0n) is 40.1. The molecule has 2 aliphatic heterocycles. The minimum Gasteiger partial charge on any atom is -0.352 e. The molecule has 1 aromatic heterocycles. The number of aromatic nitrogens is 2. The molecule has 2 aliphatic rings. The van der Waals surface area contributed by atoms with Gasteiger partial charge in [0.1, 0.15) is 6.04 Å². The number of imide groups is 1. The van der Waals surface area contributed by atoms with Crippen molar-refractivity contribution in [2.45, 2.75) is 102 Å². The lowest BCUT2D eigenvalue weighted by Crippen LogP contribution is -2.59. The Morgan fingerprint density at radius 2 is 1.60 bits per heavy atom. The van der Waals surface area contributed by atoms with Crippen LogP contribution in [0.15, 0.2) is 95.8 Å². The average molecular weight is 1010 g/mol. The highest BCUT2D eigenvalue weighted by Gasteiger charge is 2.53. The van der Waals surface area contributed by atoms with Gasteiger partial charge in [-0.05, 0) is 111 Å². The number of imidazole rings is 1. The molecule has 0 bridgehead atoms. The number of rotatable bonds is 15. The lowest BCUT2D eigenvalue weighted by Gasteiger charge is -2.53. The summed E-state index contributed by atoms with van der Waals surface area (Å²) in [6.45, 7) is 9.17. The molecule has 3 heterocycles. The molecule has 17 heteroatoms. The molecule has 1 unspecified atom stereocenters. The van der Waals surface area contributed by atoms with Crippen molar-refractivity contribution in [3.8, 4) is 11.8 Å². The fourth-order valence-electron chi connectivity index (χ4n) is 9.61. The molecule has 70 heavy (non-hydrogen) atoms. The molecule has 14 nitrogen and oxygen atoms in total. The third kappa shape index (κ3) is 11.2. The van der Waals surface area contributed by atoms with Crippen LogP contribution in [-0.4, -0.2) is 75.6 Å². The van der Waals surface area contributed by atoms with Crippen LogP contribution in [0.25, 0.3) is 11.0 Å². The molecule has 5 amide bonds. The van der Waals surface area contributed by atoms with Crippen LogP contribution in [0.2, 0.25) is 10.0 Å². The first-order valence-electron chi connectivity index (χ1n) is 23.4. The monoisotopic (exact) mass is 1010 g/mol. The molecule has 368 valence electrons. The van der Waals surface area contributed by atoms with Crippen molar-refractivity contribution in [1.29, 1.82) is 0 Å². The van der Waals surface area contributed by atoms with E-state index in [4.69, 9.17) is 23.2 Å². The summed E-state index contributed by atoms with van der Waals surface area (Å²) in [4.78, 5) is 81.7. The van der Waals surface area contributed by atoms with Crippen molar-refractivity contribution < 1.29 is 32.4 Å². The van der Waals surface area contributed by atoms with E-state index < -0.39 is 50.4 Å². The molecule has 0 aliphatic carbocycles. The standard InChI is InChI=1S/C53H58Cl2N6O8S/c1-32(2)44(31-70(68,69)33(3)4)61-47(35-17-21-38(54)22-18-35)41(37-14-10-15-39(55)28-37)29-53(5,51(61)66)30-46(63)57-40-23-19-36(20-24-40)49(64)56-27-9-7-8-12-34-13-11-16-42-48(34)59(6)52(67)60(42)43-25-26-45(62)58-50(43)65/h10-11,13-24,28,32-33,41,43-44,47H,7,9,25-27,29-31H2,1-6H3,(H,56,64)(H,57,63)(H,58,62,65)/t41-,43?,44-,47-,53-/m1/s1. The second kappa shape index (κ2) is 21.4. The van der Waals surface area contributed by atoms with Gasteiger partial charge in [0, 0.05) is 66.1 Å². The minimum atomic E-state index is -3.63. The van der Waals surface area contributed by atoms with Gasteiger partial charge in [-0.15, -0.1) is 0 Å². The third-order valence-electron chi connectivity index (χ3n) is 13.4. The van der Waals surface area contributed by atoms with Gasteiger partial charge >= 0.3 is 5.69 Å². The van der Waals surface area contributed by atoms with Crippen LogP contribution >= 0.6 is 23.2 Å². The Morgan fingerprint density at radius 1 is 0.900 bits per heavy atom. The Labute approximate surface area is 418 Å². The van der Waals surface area contributed by atoms with Crippen LogP contribution in [-0.2, 0) is 36.1 Å². The summed E-state index contributed by atoms with van der Waals surface area (Å²) in [5.74, 6) is 3.39. The Hall–Kier alpha value is -6.21. The van der Waals surface area contributed by atoms with Crippen molar-refractivity contribution in [3.63, 3.8) is 0 Å². The number of sulfone groups is 1. The zero-order chi connectivity index (χ0) is 50.7. The summed E-state index contributed by atoms with van der Waals surface area (Å²) >= 11 is 12.9. The van der Waals surface area contributed by atoms with E-state index in [0.29, 0.717) is 57.3 Å². The fourth-order valence-corrected chi connectivity index (χ4v) is 11.3. The molecular formula is C53H58Cl2N6O8S. The smallest absolute Gasteiger partial charge is 0.329 e. The maximum atomic E-state index is 15.2. The van der Waals surface area contributed by atoms with Crippen LogP contribution in [0.1, 0.15) is 118 Å². The number of halogens is 2. The van der Waals surface area contributed by atoms with E-state index in [1.165, 1.54) is 9.13 Å². The number of anilines is 1. The lowest BCUT2D eigenvalue weighted by atomic mass is 9.66. The number of nitrogens with zero attached hydrogens (tertiary/aromatic N) is 3. The summed E-state index contributed by atoms with van der Waals surface area (Å²) in [5, 5.41) is 8.47. The molecule has 5 atom stereocenters. The van der Waals surface area contributed by atoms with Crippen LogP contribution in [0.5, 0.6) is 0 Å². The third-order valence-corrected chi connectivity index (χ3v) is 16.2. The van der Waals surface area contributed by atoms with E-state index in [1.807, 2.05) is 44.2 Å². The number of hydrogen-bond donors (Lipinski definition) is 3. The summed E-state index contributed by atoms with van der Waals surface area (Å²) in [6, 6.07) is 24.2. The Balaban J connectivity index is 1.02. The molecule has 7 rings (SSSR count). The van der Waals surface area contributed by atoms with Crippen LogP contribution in [0.3, 0.4) is 0 Å². The molecule has 0 spiro atoms. The van der Waals surface area contributed by atoms with Gasteiger partial charge in [-0.25, -0.2) is 13.2 Å². The van der Waals surface area contributed by atoms with Gasteiger partial charge in [-0.3, -0.25) is 38.4 Å². The normalized spacial score (nSPS) is 20.0. The highest BCUT2D eigenvalue weighted by Crippen LogP contribution is 2.53. The molecule has 0 radical (unpaired) electrons. The number of carbonyl (C=O) groups excluding carboxylic acids is 5. The van der Waals surface area contributed by atoms with Gasteiger partial charge in [-0.2, -0.15) is 0 Å². The number of nitrogens with one attached hydrogen (secondary N) is 3. The van der Waals surface area contributed by atoms with Gasteiger partial charge in [0.15, 0.2) is 9.84 Å². The maximum absolute atomic E-state index is 15.2. The van der Waals surface area contributed by atoms with Crippen molar-refractivity contribution in [2.24, 2.45) is 18.4 Å². The first-order valence-corrected chi connectivity index (χ1v) is 25.9. The van der Waals surface area contributed by atoms with E-state index in [2.05, 4.69) is 27.8 Å². The number of benzene rings is 4. The van der Waals surface area contributed by atoms with E-state index in [-0.39, 0.29) is 66.7 Å². The highest BCUT2D eigenvalue weighted by molar-refractivity contribution is 7.92. The van der Waals surface area contributed by atoms with Crippen LogP contribution < -0.4 is 21.6 Å². The number of hydrogen-bond acceptors (Lipinski definition) is 8. The van der Waals surface area contributed by atoms with Gasteiger partial charge in [0.25, 0.3) is 5.91 Å². The van der Waals surface area contributed by atoms with Crippen molar-refractivity contribution >= 4 is 79.3 Å². The first kappa shape index (κ1) is 51.6. The number of piperidine rings is 2. The Morgan fingerprint density at radius 3 is 2.26 bits per heavy atom. The van der Waals surface area contributed by atoms with Gasteiger partial charge in [0.2, 0.25) is 23.6 Å².